The van der Waals surface area contributed by atoms with E-state index in [4.69, 9.17) is 33.2 Å². The van der Waals surface area contributed by atoms with Gasteiger partial charge in [0.2, 0.25) is 0 Å². The van der Waals surface area contributed by atoms with Crippen LogP contribution in [0.25, 0.3) is 0 Å². The molecule has 3 N–H and O–H groups in total. The molecule has 22 atom stereocenters. The third-order valence-electron chi connectivity index (χ3n) is 43.4. The Morgan fingerprint density at radius 3 is 1.32 bits per heavy atom. The molecule has 18 rings (SSSR count). The van der Waals surface area contributed by atoms with E-state index in [-0.39, 0.29) is 75.5 Å². The highest BCUT2D eigenvalue weighted by molar-refractivity contribution is 5.80. The van der Waals surface area contributed by atoms with E-state index in [1.807, 2.05) is 158 Å². The van der Waals surface area contributed by atoms with E-state index in [0.29, 0.717) is 83.9 Å². The maximum Gasteiger partial charge on any atom is 0.312 e. The number of fused-ring (bicyclic) bond motifs is 8. The Balaban J connectivity index is 0.000000155. The number of esters is 7. The molecule has 0 aromatic carbocycles. The lowest BCUT2D eigenvalue weighted by Gasteiger charge is -2.43. The van der Waals surface area contributed by atoms with E-state index in [2.05, 4.69) is 58.7 Å². The number of hydrogen-bond donors (Lipinski definition) is 3. The number of rotatable bonds is 30. The minimum Gasteiger partial charge on any atom is -0.454 e. The van der Waals surface area contributed by atoms with E-state index in [1.165, 1.54) is 156 Å². The standard InChI is InChI=1S/C22H34O3.2C20H32O3.C19H30O3.C18H30O2.2C16H26O2/c1-4-21(2,3)20(24)25-22(13-16-7-5-6-8-16)14-18-11-17(9-10-23)12-19(18)15-22;1-5-19(3,4)18(22)23-20(16-11-6-8-13(16)2)12-14-9-7-10-15(14)17(20)21;1-4-19(2,3)18(22)23-20(14-8-6-5-7-9-14)13-12-15-16(20)10-11-17(15)21;1-4-17(2,3)16(20)22-19(14-8-6-5-7-9-14)13-18(21)11-10-15(19)12-18;1-7-17(5,6)16(19)20-18(12(2)3)11-13(4)14-9-8-10-15(14)18;1-5-15(3,4)14(17)18-16(6-2)10-12-8-7-9-13(12)11-16;1-5-15(3,4)14(17)18-16(6-2)11-10-12-8-7-9-13(12)16/h10,13,17-19H,4-9,11-12,14-15H2,1-3H3;14-15,17,21H,5-12H2,1-4H3;8,15-17,21H,4-7,9-13H2,1-3H3;8,15,21H,4-7,9-13H2,1-3H3;13-15H,2,7-11H2,1,3-6H3;2*6,12-13H,2,5,7-11H2,1,3-4H3. The van der Waals surface area contributed by atoms with Crippen LogP contribution in [0, 0.1) is 127 Å². The van der Waals surface area contributed by atoms with Gasteiger partial charge in [0.05, 0.1) is 49.6 Å². The molecule has 149 heavy (non-hydrogen) atoms. The average molecular weight is 2070 g/mol. The van der Waals surface area contributed by atoms with Crippen molar-refractivity contribution in [1.82, 2.24) is 0 Å². The lowest BCUT2D eigenvalue weighted by atomic mass is 9.73. The molecule has 0 aliphatic heterocycles. The molecule has 18 nitrogen and oxygen atoms in total. The second-order valence-electron chi connectivity index (χ2n) is 55.8. The Kier molecular flexibility index (Phi) is 40.0. The minimum atomic E-state index is -0.736. The molecule has 15 saturated carbocycles. The van der Waals surface area contributed by atoms with Crippen molar-refractivity contribution >= 4 is 48.1 Å². The highest BCUT2D eigenvalue weighted by Gasteiger charge is 2.66. The van der Waals surface area contributed by atoms with Gasteiger partial charge < -0.3 is 53.3 Å². The van der Waals surface area contributed by atoms with E-state index in [1.54, 1.807) is 0 Å². The number of ether oxygens (including phenoxy) is 7. The summed E-state index contributed by atoms with van der Waals surface area (Å²) in [6.07, 6.45) is 66.5. The molecule has 2 bridgehead atoms. The number of aliphatic hydroxyl groups is 3. The van der Waals surface area contributed by atoms with Gasteiger partial charge in [-0.25, -0.2) is 0 Å². The number of aldehydes is 1. The molecule has 18 aliphatic rings. The number of carbonyl (C=O) groups excluding carboxylic acids is 8. The van der Waals surface area contributed by atoms with Crippen LogP contribution in [0.1, 0.15) is 506 Å². The molecule has 18 aliphatic carbocycles. The van der Waals surface area contributed by atoms with Gasteiger partial charge >= 0.3 is 41.8 Å². The third-order valence-corrected chi connectivity index (χ3v) is 43.4. The summed E-state index contributed by atoms with van der Waals surface area (Å²) in [5, 5.41) is 32.2. The first-order chi connectivity index (χ1) is 70.0. The van der Waals surface area contributed by atoms with Crippen LogP contribution in [-0.2, 0) is 71.5 Å². The number of aliphatic hydroxyl groups excluding tert-OH is 2. The summed E-state index contributed by atoms with van der Waals surface area (Å²) < 4.78 is 43.0. The molecule has 18 heteroatoms. The van der Waals surface area contributed by atoms with Gasteiger partial charge in [0.15, 0.2) is 5.60 Å². The van der Waals surface area contributed by atoms with E-state index < -0.39 is 61.2 Å². The number of carbonyl (C=O) groups is 8. The fourth-order valence-corrected chi connectivity index (χ4v) is 30.6. The summed E-state index contributed by atoms with van der Waals surface area (Å²) in [7, 11) is 0. The van der Waals surface area contributed by atoms with Crippen LogP contribution in [-0.4, -0.2) is 120 Å². The predicted molar refractivity (Wildman–Crippen MR) is 596 cm³/mol. The van der Waals surface area contributed by atoms with Crippen molar-refractivity contribution in [2.45, 2.75) is 563 Å². The second-order valence-corrected chi connectivity index (χ2v) is 55.8. The molecule has 0 aromatic heterocycles. The largest absolute Gasteiger partial charge is 0.454 e. The number of allylic oxidation sites excluding steroid dienone is 4. The Bertz CT molecular complexity index is 4750. The summed E-state index contributed by atoms with van der Waals surface area (Å²) in [6.45, 7) is 60.4. The Morgan fingerprint density at radius 2 is 0.852 bits per heavy atom. The second kappa shape index (κ2) is 49.0. The fraction of sp³-hybridized carbons (Fsp3) is 0.832. The van der Waals surface area contributed by atoms with Crippen LogP contribution in [0.4, 0.5) is 0 Å². The van der Waals surface area contributed by atoms with Gasteiger partial charge in [-0.2, -0.15) is 0 Å². The van der Waals surface area contributed by atoms with Crippen LogP contribution in [0.15, 0.2) is 83.6 Å². The zero-order chi connectivity index (χ0) is 109. The van der Waals surface area contributed by atoms with Crippen LogP contribution < -0.4 is 0 Å². The van der Waals surface area contributed by atoms with Gasteiger partial charge in [-0.1, -0.05) is 143 Å². The smallest absolute Gasteiger partial charge is 0.312 e. The molecular formula is C131H210O18. The third kappa shape index (κ3) is 26.4. The molecule has 0 saturated heterocycles. The van der Waals surface area contributed by atoms with Crippen molar-refractivity contribution in [3.63, 3.8) is 0 Å². The average Bonchev–Trinajstić information content (AvgIpc) is 1.61. The zero-order valence-corrected chi connectivity index (χ0v) is 98.3. The Labute approximate surface area is 903 Å². The normalized spacial score (nSPS) is 36.4. The lowest BCUT2D eigenvalue weighted by Crippen LogP contribution is -2.48. The molecular weight excluding hydrogens is 1860 g/mol. The maximum atomic E-state index is 12.9. The first-order valence-corrected chi connectivity index (χ1v) is 60.9. The summed E-state index contributed by atoms with van der Waals surface area (Å²) in [5.74, 6) is 7.62. The van der Waals surface area contributed by atoms with E-state index >= 15 is 0 Å². The first-order valence-electron chi connectivity index (χ1n) is 60.9. The molecule has 842 valence electrons. The maximum absolute atomic E-state index is 12.9. The predicted octanol–water partition coefficient (Wildman–Crippen LogP) is 31.1. The van der Waals surface area contributed by atoms with Gasteiger partial charge in [0.1, 0.15) is 46.0 Å². The summed E-state index contributed by atoms with van der Waals surface area (Å²) in [6, 6.07) is 0. The zero-order valence-electron chi connectivity index (χ0n) is 98.3. The summed E-state index contributed by atoms with van der Waals surface area (Å²) in [4.78, 5) is 99.3. The molecule has 0 amide bonds. The van der Waals surface area contributed by atoms with Crippen molar-refractivity contribution in [1.29, 1.82) is 0 Å². The van der Waals surface area contributed by atoms with E-state index in [9.17, 15) is 53.7 Å². The topological polar surface area (TPSA) is 262 Å². The summed E-state index contributed by atoms with van der Waals surface area (Å²) in [5.41, 5.74) is 0.978. The molecule has 0 aromatic rings. The quantitative estimate of drug-likeness (QED) is 0.0261. The molecule has 0 spiro atoms. The monoisotopic (exact) mass is 2070 g/mol. The Morgan fingerprint density at radius 1 is 0.403 bits per heavy atom. The highest BCUT2D eigenvalue weighted by atomic mass is 16.6. The summed E-state index contributed by atoms with van der Waals surface area (Å²) >= 11 is 0. The Hall–Kier alpha value is -5.98. The van der Waals surface area contributed by atoms with Crippen LogP contribution in [0.3, 0.4) is 0 Å². The van der Waals surface area contributed by atoms with Crippen molar-refractivity contribution < 1.29 is 86.8 Å². The van der Waals surface area contributed by atoms with Crippen molar-refractivity contribution in [2.75, 3.05) is 0 Å². The van der Waals surface area contributed by atoms with Crippen molar-refractivity contribution in [3.05, 3.63) is 83.6 Å². The van der Waals surface area contributed by atoms with Gasteiger partial charge in [0.25, 0.3) is 0 Å². The first kappa shape index (κ1) is 122. The van der Waals surface area contributed by atoms with Gasteiger partial charge in [-0.15, -0.1) is 0 Å². The SMILES string of the molecule is C=C(C)C1(OC(=O)C(C)(C)CC)CC(C)C2CCCC21.C=CC1(OC(=O)C(C)(C)CC)CC2CCCC2C1.C=CC1(OC(=O)C(C)(C)CC)CCC2CCCC21.CCC(C)(C)C(=O)OC1(C2=C(C)CCC2)CC2CCCC2C1O.CCC(C)(C)C(=O)OC1(C2=CCCCC2)CC2(O)CCC1C2.CCC(C)(C)C(=O)OC1(C2=CCCCC2)CCC2C(O)CCC21.CCC(C)(C)C(=O)OC1(C=C2CCCC2)CC2CC(CC=O)CC2C1. The van der Waals surface area contributed by atoms with Crippen LogP contribution in [0.2, 0.25) is 0 Å². The fourth-order valence-electron chi connectivity index (χ4n) is 30.6. The van der Waals surface area contributed by atoms with Crippen molar-refractivity contribution in [2.24, 2.45) is 127 Å². The van der Waals surface area contributed by atoms with Gasteiger partial charge in [0, 0.05) is 36.5 Å². The van der Waals surface area contributed by atoms with Crippen molar-refractivity contribution in [3.8, 4) is 0 Å². The van der Waals surface area contributed by atoms with E-state index in [0.717, 1.165) is 229 Å². The lowest BCUT2D eigenvalue weighted by molar-refractivity contribution is -0.177. The van der Waals surface area contributed by atoms with Crippen LogP contribution in [0.5, 0.6) is 0 Å². The van der Waals surface area contributed by atoms with Crippen LogP contribution >= 0.6 is 0 Å². The molecule has 15 fully saturated rings. The minimum absolute atomic E-state index is 0.0470. The van der Waals surface area contributed by atoms with Gasteiger partial charge in [-0.05, 0) is 499 Å². The molecule has 0 heterocycles. The van der Waals surface area contributed by atoms with Gasteiger partial charge in [-0.3, -0.25) is 33.6 Å². The highest BCUT2D eigenvalue weighted by Crippen LogP contribution is 2.65. The molecule has 22 unspecified atom stereocenters. The number of hydrogen-bond acceptors (Lipinski definition) is 18. The molecule has 0 radical (unpaired) electrons.